The van der Waals surface area contributed by atoms with Crippen LogP contribution in [0.2, 0.25) is 0 Å². The molecule has 0 unspecified atom stereocenters. The molecule has 2 aromatic carbocycles. The third-order valence-electron chi connectivity index (χ3n) is 4.30. The average Bonchev–Trinajstić information content (AvgIpc) is 2.92. The molecule has 2 N–H and O–H groups in total. The Bertz CT molecular complexity index is 1070. The first-order chi connectivity index (χ1) is 13.5. The summed E-state index contributed by atoms with van der Waals surface area (Å²) >= 11 is 5.28. The topological polar surface area (TPSA) is 72.6 Å². The van der Waals surface area contributed by atoms with E-state index in [-0.39, 0.29) is 10.7 Å². The monoisotopic (exact) mass is 395 g/mol. The van der Waals surface area contributed by atoms with E-state index in [1.807, 2.05) is 68.6 Å². The van der Waals surface area contributed by atoms with Gasteiger partial charge >= 0.3 is 0 Å². The zero-order valence-electron chi connectivity index (χ0n) is 15.8. The Kier molecular flexibility index (Phi) is 5.90. The molecule has 0 fully saturated rings. The Hall–Kier alpha value is -3.39. The van der Waals surface area contributed by atoms with Gasteiger partial charge < -0.3 is 10.1 Å². The second kappa shape index (κ2) is 8.53. The van der Waals surface area contributed by atoms with Crippen molar-refractivity contribution in [2.75, 3.05) is 12.4 Å². The van der Waals surface area contributed by atoms with Gasteiger partial charge in [0.1, 0.15) is 11.4 Å². The minimum atomic E-state index is -0.191. The van der Waals surface area contributed by atoms with E-state index in [2.05, 4.69) is 15.8 Å². The van der Waals surface area contributed by atoms with Crippen molar-refractivity contribution in [2.24, 2.45) is 12.1 Å². The van der Waals surface area contributed by atoms with Crippen LogP contribution in [0.4, 0.5) is 5.69 Å². The first-order valence-electron chi connectivity index (χ1n) is 8.60. The molecular weight excluding hydrogens is 374 g/mol. The van der Waals surface area contributed by atoms with Gasteiger partial charge in [-0.05, 0) is 43.4 Å². The summed E-state index contributed by atoms with van der Waals surface area (Å²) in [6.45, 7) is 1.85. The van der Waals surface area contributed by atoms with Gasteiger partial charge in [0, 0.05) is 12.6 Å². The van der Waals surface area contributed by atoms with Gasteiger partial charge in [0.2, 0.25) is 0 Å². The second-order valence-corrected chi connectivity index (χ2v) is 6.41. The summed E-state index contributed by atoms with van der Waals surface area (Å²) in [5.41, 5.74) is 5.28. The Morgan fingerprint density at radius 1 is 1.14 bits per heavy atom. The number of ether oxygens (including phenoxy) is 1. The zero-order chi connectivity index (χ0) is 20.1. The van der Waals surface area contributed by atoms with Crippen molar-refractivity contribution in [3.8, 4) is 11.4 Å². The van der Waals surface area contributed by atoms with Crippen molar-refractivity contribution < 1.29 is 4.74 Å². The molecule has 1 aromatic heterocycles. The SMILES string of the molecule is COc1ccccc1C=NNC(=S)Nc1c(C)n(C)n(-c2ccccc2)c1=O. The number of para-hydroxylation sites is 2. The number of rotatable bonds is 5. The van der Waals surface area contributed by atoms with Gasteiger partial charge in [-0.15, -0.1) is 0 Å². The quantitative estimate of drug-likeness (QED) is 0.395. The van der Waals surface area contributed by atoms with Crippen LogP contribution in [0.25, 0.3) is 5.69 Å². The molecule has 0 aliphatic rings. The molecule has 0 saturated heterocycles. The first kappa shape index (κ1) is 19.4. The van der Waals surface area contributed by atoms with E-state index in [1.165, 1.54) is 0 Å². The van der Waals surface area contributed by atoms with Crippen LogP contribution in [-0.2, 0) is 7.05 Å². The van der Waals surface area contributed by atoms with Gasteiger partial charge in [0.05, 0.1) is 24.7 Å². The molecule has 0 aliphatic carbocycles. The lowest BCUT2D eigenvalue weighted by molar-refractivity contribution is 0.414. The molecule has 0 aliphatic heterocycles. The third kappa shape index (κ3) is 3.96. The van der Waals surface area contributed by atoms with Crippen molar-refractivity contribution in [1.29, 1.82) is 0 Å². The lowest BCUT2D eigenvalue weighted by Crippen LogP contribution is -2.28. The molecule has 0 amide bonds. The smallest absolute Gasteiger partial charge is 0.295 e. The van der Waals surface area contributed by atoms with E-state index < -0.39 is 0 Å². The standard InChI is InChI=1S/C20H21N5O2S/c1-14-18(19(26)25(24(14)2)16-10-5-4-6-11-16)22-20(28)23-21-13-15-9-7-8-12-17(15)27-3/h4-13H,1-3H3,(H2,22,23,28). The van der Waals surface area contributed by atoms with Gasteiger partial charge in [-0.1, -0.05) is 30.3 Å². The van der Waals surface area contributed by atoms with Crippen molar-refractivity contribution in [3.05, 3.63) is 76.2 Å². The van der Waals surface area contributed by atoms with E-state index in [4.69, 9.17) is 17.0 Å². The molecule has 8 heteroatoms. The zero-order valence-corrected chi connectivity index (χ0v) is 16.7. The van der Waals surface area contributed by atoms with E-state index in [0.29, 0.717) is 11.4 Å². The Morgan fingerprint density at radius 3 is 2.54 bits per heavy atom. The number of thiocarbonyl (C=S) groups is 1. The van der Waals surface area contributed by atoms with E-state index in [0.717, 1.165) is 16.9 Å². The Balaban J connectivity index is 1.76. The van der Waals surface area contributed by atoms with Crippen LogP contribution in [0.3, 0.4) is 0 Å². The average molecular weight is 395 g/mol. The van der Waals surface area contributed by atoms with Crippen molar-refractivity contribution in [2.45, 2.75) is 6.92 Å². The maximum atomic E-state index is 12.9. The van der Waals surface area contributed by atoms with Crippen LogP contribution in [0, 0.1) is 6.92 Å². The maximum absolute atomic E-state index is 12.9. The van der Waals surface area contributed by atoms with E-state index in [9.17, 15) is 4.79 Å². The van der Waals surface area contributed by atoms with E-state index in [1.54, 1.807) is 22.7 Å². The summed E-state index contributed by atoms with van der Waals surface area (Å²) in [5.74, 6) is 0.705. The molecule has 28 heavy (non-hydrogen) atoms. The minimum Gasteiger partial charge on any atom is -0.496 e. The van der Waals surface area contributed by atoms with Crippen molar-refractivity contribution >= 4 is 29.2 Å². The van der Waals surface area contributed by atoms with Gasteiger partial charge in [0.15, 0.2) is 5.11 Å². The number of nitrogens with one attached hydrogen (secondary N) is 2. The lowest BCUT2D eigenvalue weighted by Gasteiger charge is -2.07. The maximum Gasteiger partial charge on any atom is 0.295 e. The number of aromatic nitrogens is 2. The number of anilines is 1. The fourth-order valence-electron chi connectivity index (χ4n) is 2.79. The molecule has 0 atom stereocenters. The van der Waals surface area contributed by atoms with Gasteiger partial charge in [-0.25, -0.2) is 4.68 Å². The molecule has 0 bridgehead atoms. The first-order valence-corrected chi connectivity index (χ1v) is 9.01. The largest absolute Gasteiger partial charge is 0.496 e. The molecule has 3 rings (SSSR count). The highest BCUT2D eigenvalue weighted by atomic mass is 32.1. The molecule has 1 heterocycles. The van der Waals surface area contributed by atoms with Crippen LogP contribution < -0.4 is 21.0 Å². The summed E-state index contributed by atoms with van der Waals surface area (Å²) < 4.78 is 8.63. The normalized spacial score (nSPS) is 10.8. The van der Waals surface area contributed by atoms with Gasteiger partial charge in [-0.3, -0.25) is 14.9 Å². The lowest BCUT2D eigenvalue weighted by atomic mass is 10.2. The molecular formula is C20H21N5O2S. The predicted molar refractivity (Wildman–Crippen MR) is 116 cm³/mol. The fourth-order valence-corrected chi connectivity index (χ4v) is 2.94. The third-order valence-corrected chi connectivity index (χ3v) is 4.49. The molecule has 3 aromatic rings. The van der Waals surface area contributed by atoms with Crippen molar-refractivity contribution in [3.63, 3.8) is 0 Å². The summed E-state index contributed by atoms with van der Waals surface area (Å²) in [4.78, 5) is 12.9. The molecule has 0 spiro atoms. The van der Waals surface area contributed by atoms with Crippen LogP contribution in [0.1, 0.15) is 11.3 Å². The fraction of sp³-hybridized carbons (Fsp3) is 0.150. The van der Waals surface area contributed by atoms with Crippen LogP contribution >= 0.6 is 12.2 Å². The number of nitrogens with zero attached hydrogens (tertiary/aromatic N) is 3. The number of hydrogen-bond acceptors (Lipinski definition) is 4. The number of methoxy groups -OCH3 is 1. The summed E-state index contributed by atoms with van der Waals surface area (Å²) in [6, 6.07) is 16.9. The highest BCUT2D eigenvalue weighted by Crippen LogP contribution is 2.15. The summed E-state index contributed by atoms with van der Waals surface area (Å²) in [5, 5.41) is 7.28. The number of hydrazone groups is 1. The number of hydrogen-bond donors (Lipinski definition) is 2. The Labute approximate surface area is 168 Å². The molecule has 144 valence electrons. The summed E-state index contributed by atoms with van der Waals surface area (Å²) in [7, 11) is 3.42. The minimum absolute atomic E-state index is 0.191. The highest BCUT2D eigenvalue weighted by molar-refractivity contribution is 7.80. The molecule has 7 nitrogen and oxygen atoms in total. The van der Waals surface area contributed by atoms with Crippen LogP contribution in [0.15, 0.2) is 64.5 Å². The van der Waals surface area contributed by atoms with Crippen LogP contribution in [-0.4, -0.2) is 27.8 Å². The van der Waals surface area contributed by atoms with Crippen LogP contribution in [0.5, 0.6) is 5.75 Å². The highest BCUT2D eigenvalue weighted by Gasteiger charge is 2.16. The van der Waals surface area contributed by atoms with E-state index >= 15 is 0 Å². The Morgan fingerprint density at radius 2 is 1.82 bits per heavy atom. The molecule has 0 radical (unpaired) electrons. The number of benzene rings is 2. The van der Waals surface area contributed by atoms with Gasteiger partial charge in [-0.2, -0.15) is 5.10 Å². The van der Waals surface area contributed by atoms with Crippen molar-refractivity contribution in [1.82, 2.24) is 14.8 Å². The second-order valence-electron chi connectivity index (χ2n) is 6.00. The molecule has 0 saturated carbocycles. The predicted octanol–water partition coefficient (Wildman–Crippen LogP) is 2.81. The van der Waals surface area contributed by atoms with Gasteiger partial charge in [0.25, 0.3) is 5.56 Å². The summed E-state index contributed by atoms with van der Waals surface area (Å²) in [6.07, 6.45) is 1.60.